The number of hydrogen-bond donors (Lipinski definition) is 1. The number of nitrogens with zero attached hydrogens (tertiary/aromatic N) is 4. The van der Waals surface area contributed by atoms with Gasteiger partial charge in [-0.25, -0.2) is 0 Å². The third-order valence-corrected chi connectivity index (χ3v) is 6.57. The van der Waals surface area contributed by atoms with Crippen LogP contribution in [0.15, 0.2) is 29.3 Å². The van der Waals surface area contributed by atoms with Gasteiger partial charge < -0.3 is 19.9 Å². The van der Waals surface area contributed by atoms with Crippen molar-refractivity contribution in [2.24, 2.45) is 4.99 Å². The van der Waals surface area contributed by atoms with E-state index in [1.54, 1.807) is 7.11 Å². The predicted molar refractivity (Wildman–Crippen MR) is 130 cm³/mol. The molecule has 32 heavy (non-hydrogen) atoms. The summed E-state index contributed by atoms with van der Waals surface area (Å²) in [6.45, 7) is 11.4. The molecule has 2 saturated heterocycles. The second kappa shape index (κ2) is 12.7. The number of aryl methyl sites for hydroxylation is 1. The molecule has 0 saturated carbocycles. The third-order valence-electron chi connectivity index (χ3n) is 6.57. The van der Waals surface area contributed by atoms with Crippen LogP contribution in [0.4, 0.5) is 0 Å². The van der Waals surface area contributed by atoms with Gasteiger partial charge >= 0.3 is 0 Å². The molecule has 7 heteroatoms. The van der Waals surface area contributed by atoms with E-state index in [4.69, 9.17) is 9.73 Å². The number of nitrogens with one attached hydrogen (secondary N) is 1. The summed E-state index contributed by atoms with van der Waals surface area (Å²) in [5.74, 6) is 2.21. The van der Waals surface area contributed by atoms with E-state index in [0.717, 1.165) is 96.2 Å². The van der Waals surface area contributed by atoms with Crippen LogP contribution < -0.4 is 10.1 Å². The molecule has 0 spiro atoms. The largest absolute Gasteiger partial charge is 0.497 e. The van der Waals surface area contributed by atoms with Crippen molar-refractivity contribution < 1.29 is 9.53 Å². The fourth-order valence-electron chi connectivity index (χ4n) is 4.52. The lowest BCUT2D eigenvalue weighted by atomic mass is 10.1. The molecule has 1 unspecified atom stereocenters. The number of benzene rings is 1. The number of carbonyl (C=O) groups excluding carboxylic acids is 1. The van der Waals surface area contributed by atoms with Crippen molar-refractivity contribution in [2.45, 2.75) is 52.0 Å². The maximum absolute atomic E-state index is 12.7. The highest BCUT2D eigenvalue weighted by Crippen LogP contribution is 2.15. The number of methoxy groups -OCH3 is 1. The number of unbranched alkanes of at least 4 members (excludes halogenated alkanes) is 1. The van der Waals surface area contributed by atoms with Crippen molar-refractivity contribution in [1.29, 1.82) is 0 Å². The average Bonchev–Trinajstić information content (AvgIpc) is 3.38. The zero-order chi connectivity index (χ0) is 22.8. The van der Waals surface area contributed by atoms with Gasteiger partial charge in [0, 0.05) is 52.4 Å². The molecule has 1 aromatic carbocycles. The maximum Gasteiger partial charge on any atom is 0.239 e. The number of amides is 1. The Hall–Kier alpha value is -2.28. The highest BCUT2D eigenvalue weighted by molar-refractivity contribution is 5.82. The average molecular weight is 444 g/mol. The summed E-state index contributed by atoms with van der Waals surface area (Å²) in [6, 6.07) is 8.31. The maximum atomic E-state index is 12.7. The highest BCUT2D eigenvalue weighted by Gasteiger charge is 2.30. The van der Waals surface area contributed by atoms with Crippen molar-refractivity contribution >= 4 is 11.9 Å². The number of guanidine groups is 1. The number of likely N-dealkylation sites (tertiary alicyclic amines) is 1. The van der Waals surface area contributed by atoms with E-state index in [2.05, 4.69) is 41.1 Å². The molecule has 0 bridgehead atoms. The van der Waals surface area contributed by atoms with E-state index in [-0.39, 0.29) is 6.04 Å². The van der Waals surface area contributed by atoms with Crippen LogP contribution >= 0.6 is 0 Å². The molecule has 1 N–H and O–H groups in total. The van der Waals surface area contributed by atoms with Crippen LogP contribution in [0, 0.1) is 0 Å². The van der Waals surface area contributed by atoms with Crippen LogP contribution in [0.1, 0.15) is 45.1 Å². The zero-order valence-electron chi connectivity index (χ0n) is 20.2. The summed E-state index contributed by atoms with van der Waals surface area (Å²) in [5, 5.41) is 3.45. The number of rotatable bonds is 9. The molecule has 3 rings (SSSR count). The van der Waals surface area contributed by atoms with Crippen molar-refractivity contribution in [3.63, 3.8) is 0 Å². The number of carbonyl (C=O) groups is 1. The Morgan fingerprint density at radius 2 is 1.72 bits per heavy atom. The smallest absolute Gasteiger partial charge is 0.239 e. The van der Waals surface area contributed by atoms with Crippen LogP contribution in [0.3, 0.4) is 0 Å². The van der Waals surface area contributed by atoms with Crippen LogP contribution in [-0.4, -0.2) is 92.1 Å². The Bertz CT molecular complexity index is 722. The Balaban J connectivity index is 1.41. The first-order valence-corrected chi connectivity index (χ1v) is 12.3. The summed E-state index contributed by atoms with van der Waals surface area (Å²) in [7, 11) is 1.70. The summed E-state index contributed by atoms with van der Waals surface area (Å²) >= 11 is 0. The minimum atomic E-state index is -0.0206. The van der Waals surface area contributed by atoms with Gasteiger partial charge in [0.15, 0.2) is 5.96 Å². The molecule has 7 nitrogen and oxygen atoms in total. The number of aliphatic imine (C=N–C) groups is 1. The quantitative estimate of drug-likeness (QED) is 0.361. The van der Waals surface area contributed by atoms with Crippen molar-refractivity contribution in [1.82, 2.24) is 20.0 Å². The highest BCUT2D eigenvalue weighted by atomic mass is 16.5. The van der Waals surface area contributed by atoms with Gasteiger partial charge in [-0.05, 0) is 63.6 Å². The molecule has 1 atom stereocenters. The molecule has 2 heterocycles. The first-order chi connectivity index (χ1) is 15.6. The van der Waals surface area contributed by atoms with Gasteiger partial charge in [-0.3, -0.25) is 14.7 Å². The summed E-state index contributed by atoms with van der Waals surface area (Å²) in [4.78, 5) is 24.3. The lowest BCUT2D eigenvalue weighted by molar-refractivity contribution is -0.135. The second-order valence-electron chi connectivity index (χ2n) is 8.77. The Kier molecular flexibility index (Phi) is 9.65. The van der Waals surface area contributed by atoms with Gasteiger partial charge in [-0.15, -0.1) is 0 Å². The first kappa shape index (κ1) is 24.4. The standard InChI is InChI=1S/C25H41N5O2/c1-4-26-25(27-14-6-5-9-22-10-12-23(32-3)13-11-22)30-19-17-28(18-20-30)21(2)24(31)29-15-7-8-16-29/h10-13,21H,4-9,14-20H2,1-3H3,(H,26,27). The minimum Gasteiger partial charge on any atom is -0.497 e. The Morgan fingerprint density at radius 1 is 1.03 bits per heavy atom. The molecule has 0 aliphatic carbocycles. The summed E-state index contributed by atoms with van der Waals surface area (Å²) in [6.07, 6.45) is 5.56. The Morgan fingerprint density at radius 3 is 2.34 bits per heavy atom. The minimum absolute atomic E-state index is 0.0206. The van der Waals surface area contributed by atoms with Crippen LogP contribution in [0.25, 0.3) is 0 Å². The normalized spacial score (nSPS) is 18.7. The van der Waals surface area contributed by atoms with Crippen molar-refractivity contribution in [2.75, 3.05) is 59.5 Å². The van der Waals surface area contributed by atoms with Crippen LogP contribution in [-0.2, 0) is 11.2 Å². The Labute approximate surface area is 193 Å². The zero-order valence-corrected chi connectivity index (χ0v) is 20.2. The molecular weight excluding hydrogens is 402 g/mol. The second-order valence-corrected chi connectivity index (χ2v) is 8.77. The van der Waals surface area contributed by atoms with E-state index < -0.39 is 0 Å². The lowest BCUT2D eigenvalue weighted by Crippen LogP contribution is -2.57. The lowest BCUT2D eigenvalue weighted by Gasteiger charge is -2.39. The molecule has 0 aromatic heterocycles. The van der Waals surface area contributed by atoms with E-state index >= 15 is 0 Å². The van der Waals surface area contributed by atoms with E-state index in [1.165, 1.54) is 5.56 Å². The van der Waals surface area contributed by atoms with Gasteiger partial charge in [0.1, 0.15) is 5.75 Å². The molecule has 2 aliphatic heterocycles. The molecule has 0 radical (unpaired) electrons. The monoisotopic (exact) mass is 443 g/mol. The van der Waals surface area contributed by atoms with Gasteiger partial charge in [0.05, 0.1) is 13.2 Å². The SMILES string of the molecule is CCNC(=NCCCCc1ccc(OC)cc1)N1CCN(C(C)C(=O)N2CCCC2)CC1. The third kappa shape index (κ3) is 6.86. The van der Waals surface area contributed by atoms with Gasteiger partial charge in [-0.2, -0.15) is 0 Å². The molecule has 2 aliphatic rings. The van der Waals surface area contributed by atoms with Gasteiger partial charge in [0.25, 0.3) is 0 Å². The fraction of sp³-hybridized carbons (Fsp3) is 0.680. The van der Waals surface area contributed by atoms with E-state index in [0.29, 0.717) is 5.91 Å². The van der Waals surface area contributed by atoms with Gasteiger partial charge in [-0.1, -0.05) is 12.1 Å². The van der Waals surface area contributed by atoms with Crippen molar-refractivity contribution in [3.8, 4) is 5.75 Å². The number of piperazine rings is 1. The predicted octanol–water partition coefficient (Wildman–Crippen LogP) is 2.61. The molecule has 178 valence electrons. The van der Waals surface area contributed by atoms with E-state index in [1.807, 2.05) is 17.0 Å². The van der Waals surface area contributed by atoms with Crippen LogP contribution in [0.2, 0.25) is 0 Å². The topological polar surface area (TPSA) is 60.4 Å². The molecule has 2 fully saturated rings. The van der Waals surface area contributed by atoms with E-state index in [9.17, 15) is 4.79 Å². The molecule has 1 amide bonds. The first-order valence-electron chi connectivity index (χ1n) is 12.3. The van der Waals surface area contributed by atoms with Crippen LogP contribution in [0.5, 0.6) is 5.75 Å². The summed E-state index contributed by atoms with van der Waals surface area (Å²) < 4.78 is 5.22. The molecule has 1 aromatic rings. The number of ether oxygens (including phenoxy) is 1. The molecular formula is C25H41N5O2. The summed E-state index contributed by atoms with van der Waals surface area (Å²) in [5.41, 5.74) is 1.34. The van der Waals surface area contributed by atoms with Gasteiger partial charge in [0.2, 0.25) is 5.91 Å². The fourth-order valence-corrected chi connectivity index (χ4v) is 4.52. The van der Waals surface area contributed by atoms with Crippen molar-refractivity contribution in [3.05, 3.63) is 29.8 Å². The number of hydrogen-bond acceptors (Lipinski definition) is 4.